The molecular weight excluding hydrogens is 568 g/mol. The highest BCUT2D eigenvalue weighted by Crippen LogP contribution is 2.24. The van der Waals surface area contributed by atoms with Crippen LogP contribution in [0.15, 0.2) is 77.9 Å². The van der Waals surface area contributed by atoms with E-state index in [2.05, 4.69) is 15.8 Å². The molecular formula is C29H31ClN4O6S. The van der Waals surface area contributed by atoms with Crippen LogP contribution in [0.2, 0.25) is 5.02 Å². The van der Waals surface area contributed by atoms with Gasteiger partial charge >= 0.3 is 0 Å². The molecule has 1 saturated heterocycles. The second-order valence-electron chi connectivity index (χ2n) is 9.40. The number of carbonyl (C=O) groups is 2. The van der Waals surface area contributed by atoms with Crippen LogP contribution in [0, 0.1) is 0 Å². The van der Waals surface area contributed by atoms with E-state index in [0.29, 0.717) is 39.7 Å². The van der Waals surface area contributed by atoms with Gasteiger partial charge in [-0.1, -0.05) is 29.8 Å². The van der Waals surface area contributed by atoms with Crippen molar-refractivity contribution in [3.63, 3.8) is 0 Å². The average molecular weight is 599 g/mol. The Kier molecular flexibility index (Phi) is 10.3. The molecule has 3 aromatic rings. The minimum Gasteiger partial charge on any atom is -0.484 e. The molecule has 1 aliphatic rings. The SMILES string of the molecule is CS(=O)(=O)N(Cc1ccccc1Cl)c1ccc(C(=O)N/N=C\c2ccc(OCC(=O)NC[C@H]3CCCO3)cc2)cc1. The van der Waals surface area contributed by atoms with Crippen LogP contribution in [0.1, 0.15) is 34.3 Å². The largest absolute Gasteiger partial charge is 0.484 e. The van der Waals surface area contributed by atoms with Gasteiger partial charge in [0.25, 0.3) is 11.8 Å². The summed E-state index contributed by atoms with van der Waals surface area (Å²) in [5.74, 6) is -0.151. The van der Waals surface area contributed by atoms with E-state index in [0.717, 1.165) is 25.7 Å². The van der Waals surface area contributed by atoms with E-state index in [1.807, 2.05) is 0 Å². The minimum atomic E-state index is -3.61. The van der Waals surface area contributed by atoms with Gasteiger partial charge in [0.15, 0.2) is 6.61 Å². The number of halogens is 1. The van der Waals surface area contributed by atoms with Gasteiger partial charge in [-0.3, -0.25) is 13.9 Å². The number of hydrogen-bond acceptors (Lipinski definition) is 7. The molecule has 216 valence electrons. The van der Waals surface area contributed by atoms with Gasteiger partial charge < -0.3 is 14.8 Å². The monoisotopic (exact) mass is 598 g/mol. The predicted molar refractivity (Wildman–Crippen MR) is 158 cm³/mol. The highest BCUT2D eigenvalue weighted by atomic mass is 35.5. The van der Waals surface area contributed by atoms with Gasteiger partial charge in [-0.15, -0.1) is 0 Å². The van der Waals surface area contributed by atoms with Crippen molar-refractivity contribution >= 4 is 45.3 Å². The fourth-order valence-corrected chi connectivity index (χ4v) is 5.15. The lowest BCUT2D eigenvalue weighted by Crippen LogP contribution is -2.35. The molecule has 3 aromatic carbocycles. The number of amides is 2. The van der Waals surface area contributed by atoms with Crippen molar-refractivity contribution in [2.24, 2.45) is 5.10 Å². The Hall–Kier alpha value is -3.93. The van der Waals surface area contributed by atoms with Gasteiger partial charge in [-0.25, -0.2) is 13.8 Å². The van der Waals surface area contributed by atoms with Gasteiger partial charge in [0, 0.05) is 23.7 Å². The highest BCUT2D eigenvalue weighted by molar-refractivity contribution is 7.92. The average Bonchev–Trinajstić information content (AvgIpc) is 3.48. The summed E-state index contributed by atoms with van der Waals surface area (Å²) in [6, 6.07) is 20.0. The minimum absolute atomic E-state index is 0.0568. The fraction of sp³-hybridized carbons (Fsp3) is 0.276. The number of carbonyl (C=O) groups excluding carboxylic acids is 2. The van der Waals surface area contributed by atoms with Gasteiger partial charge in [0.2, 0.25) is 10.0 Å². The highest BCUT2D eigenvalue weighted by Gasteiger charge is 2.20. The lowest BCUT2D eigenvalue weighted by atomic mass is 10.2. The summed E-state index contributed by atoms with van der Waals surface area (Å²) < 4.78 is 37.1. The third-order valence-electron chi connectivity index (χ3n) is 6.27. The summed E-state index contributed by atoms with van der Waals surface area (Å²) in [7, 11) is -3.61. The summed E-state index contributed by atoms with van der Waals surface area (Å²) in [6.45, 7) is 1.18. The molecule has 10 nitrogen and oxygen atoms in total. The van der Waals surface area contributed by atoms with E-state index >= 15 is 0 Å². The maximum atomic E-state index is 12.5. The lowest BCUT2D eigenvalue weighted by Gasteiger charge is -2.23. The Bertz CT molecular complexity index is 1470. The Morgan fingerprint density at radius 2 is 1.83 bits per heavy atom. The molecule has 2 N–H and O–H groups in total. The van der Waals surface area contributed by atoms with E-state index in [9.17, 15) is 18.0 Å². The molecule has 1 heterocycles. The van der Waals surface area contributed by atoms with E-state index in [1.165, 1.54) is 22.7 Å². The van der Waals surface area contributed by atoms with Gasteiger partial charge in [0.05, 0.1) is 30.8 Å². The van der Waals surface area contributed by atoms with Crippen LogP contribution in [0.25, 0.3) is 0 Å². The molecule has 4 rings (SSSR count). The van der Waals surface area contributed by atoms with Crippen LogP contribution >= 0.6 is 11.6 Å². The smallest absolute Gasteiger partial charge is 0.271 e. The summed E-state index contributed by atoms with van der Waals surface area (Å²) in [5, 5.41) is 7.25. The molecule has 0 aromatic heterocycles. The molecule has 0 saturated carbocycles. The van der Waals surface area contributed by atoms with Gasteiger partial charge in [-0.2, -0.15) is 5.10 Å². The maximum absolute atomic E-state index is 12.5. The van der Waals surface area contributed by atoms with E-state index in [-0.39, 0.29) is 25.2 Å². The van der Waals surface area contributed by atoms with Gasteiger partial charge in [0.1, 0.15) is 5.75 Å². The molecule has 0 spiro atoms. The van der Waals surface area contributed by atoms with Crippen LogP contribution in [0.4, 0.5) is 5.69 Å². The first kappa shape index (κ1) is 30.0. The molecule has 0 unspecified atom stereocenters. The van der Waals surface area contributed by atoms with Crippen molar-refractivity contribution < 1.29 is 27.5 Å². The molecule has 2 amide bonds. The fourth-order valence-electron chi connectivity index (χ4n) is 4.07. The Labute approximate surface area is 244 Å². The van der Waals surface area contributed by atoms with Crippen molar-refractivity contribution in [3.05, 3.63) is 94.5 Å². The number of rotatable bonds is 12. The first-order valence-electron chi connectivity index (χ1n) is 12.9. The summed E-state index contributed by atoms with van der Waals surface area (Å²) in [6.07, 6.45) is 4.63. The molecule has 0 bridgehead atoms. The second-order valence-corrected chi connectivity index (χ2v) is 11.7. The topological polar surface area (TPSA) is 126 Å². The third-order valence-corrected chi connectivity index (χ3v) is 7.78. The number of anilines is 1. The van der Waals surface area contributed by atoms with Crippen molar-refractivity contribution in [1.82, 2.24) is 10.7 Å². The summed E-state index contributed by atoms with van der Waals surface area (Å²) in [4.78, 5) is 24.5. The summed E-state index contributed by atoms with van der Waals surface area (Å²) in [5.41, 5.74) is 4.52. The Morgan fingerprint density at radius 1 is 1.10 bits per heavy atom. The van der Waals surface area contributed by atoms with Gasteiger partial charge in [-0.05, 0) is 78.6 Å². The number of sulfonamides is 1. The maximum Gasteiger partial charge on any atom is 0.271 e. The van der Waals surface area contributed by atoms with Crippen molar-refractivity contribution in [3.8, 4) is 5.75 Å². The second kappa shape index (κ2) is 14.1. The zero-order chi connectivity index (χ0) is 29.2. The molecule has 1 atom stereocenters. The first-order chi connectivity index (χ1) is 19.7. The number of hydrogen-bond donors (Lipinski definition) is 2. The van der Waals surface area contributed by atoms with E-state index < -0.39 is 15.9 Å². The number of benzene rings is 3. The Morgan fingerprint density at radius 3 is 2.49 bits per heavy atom. The van der Waals surface area contributed by atoms with Crippen LogP contribution < -0.4 is 19.8 Å². The molecule has 41 heavy (non-hydrogen) atoms. The van der Waals surface area contributed by atoms with Crippen LogP contribution in [0.3, 0.4) is 0 Å². The molecule has 12 heteroatoms. The Balaban J connectivity index is 1.27. The third kappa shape index (κ3) is 9.04. The zero-order valence-electron chi connectivity index (χ0n) is 22.5. The zero-order valence-corrected chi connectivity index (χ0v) is 24.0. The van der Waals surface area contributed by atoms with E-state index in [1.54, 1.807) is 60.7 Å². The quantitative estimate of drug-likeness (QED) is 0.242. The van der Waals surface area contributed by atoms with Crippen molar-refractivity contribution in [2.45, 2.75) is 25.5 Å². The number of nitrogens with zero attached hydrogens (tertiary/aromatic N) is 2. The number of ether oxygens (including phenoxy) is 2. The standard InChI is InChI=1S/C29H31ClN4O6S/c1-41(37,38)34(19-23-5-2-3-7-27(23)30)24-12-10-22(11-13-24)29(36)33-32-17-21-8-14-25(15-9-21)40-20-28(35)31-18-26-6-4-16-39-26/h2-3,5,7-15,17,26H,4,6,16,18-20H2,1H3,(H,31,35)(H,33,36)/b32-17-/t26-/m1/s1. The van der Waals surface area contributed by atoms with Crippen LogP contribution in [-0.4, -0.2) is 58.6 Å². The molecule has 1 aliphatic heterocycles. The molecule has 1 fully saturated rings. The summed E-state index contributed by atoms with van der Waals surface area (Å²) >= 11 is 6.22. The number of hydrazone groups is 1. The molecule has 0 radical (unpaired) electrons. The van der Waals surface area contributed by atoms with Crippen molar-refractivity contribution in [2.75, 3.05) is 30.3 Å². The predicted octanol–water partition coefficient (Wildman–Crippen LogP) is 3.74. The van der Waals surface area contributed by atoms with Crippen molar-refractivity contribution in [1.29, 1.82) is 0 Å². The number of nitrogens with one attached hydrogen (secondary N) is 2. The lowest BCUT2D eigenvalue weighted by molar-refractivity contribution is -0.123. The van der Waals surface area contributed by atoms with E-state index in [4.69, 9.17) is 21.1 Å². The normalized spacial score (nSPS) is 15.0. The molecule has 0 aliphatic carbocycles. The van der Waals surface area contributed by atoms with Crippen LogP contribution in [0.5, 0.6) is 5.75 Å². The van der Waals surface area contributed by atoms with Crippen LogP contribution in [-0.2, 0) is 26.1 Å². The first-order valence-corrected chi connectivity index (χ1v) is 15.2.